The smallest absolute Gasteiger partial charge is 0.0234 e. The minimum atomic E-state index is 0. The number of halogens is 2. The van der Waals surface area contributed by atoms with Crippen molar-refractivity contribution in [3.8, 4) is 0 Å². The molecule has 2 nitrogen and oxygen atoms in total. The van der Waals surface area contributed by atoms with Gasteiger partial charge in [-0.15, -0.1) is 24.8 Å². The summed E-state index contributed by atoms with van der Waals surface area (Å²) in [6.45, 7) is 5.37. The minimum absolute atomic E-state index is 0. The van der Waals surface area contributed by atoms with E-state index in [1.54, 1.807) is 0 Å². The zero-order valence-electron chi connectivity index (χ0n) is 9.56. The predicted octanol–water partition coefficient (Wildman–Crippen LogP) is 2.37. The Labute approximate surface area is 110 Å². The van der Waals surface area contributed by atoms with E-state index in [2.05, 4.69) is 36.1 Å². The van der Waals surface area contributed by atoms with Crippen LogP contribution in [0.4, 0.5) is 0 Å². The lowest BCUT2D eigenvalue weighted by Crippen LogP contribution is -2.26. The van der Waals surface area contributed by atoms with Crippen LogP contribution in [0.3, 0.4) is 0 Å². The van der Waals surface area contributed by atoms with Gasteiger partial charge in [0.2, 0.25) is 0 Å². The topological polar surface area (TPSA) is 29.3 Å². The van der Waals surface area contributed by atoms with Crippen LogP contribution in [0.15, 0.2) is 24.3 Å². The fourth-order valence-electron chi connectivity index (χ4n) is 1.96. The average Bonchev–Trinajstić information content (AvgIpc) is 2.56. The molecule has 1 unspecified atom stereocenters. The Morgan fingerprint density at radius 1 is 1.25 bits per heavy atom. The van der Waals surface area contributed by atoms with E-state index in [1.807, 2.05) is 0 Å². The van der Waals surface area contributed by atoms with Crippen LogP contribution in [0.2, 0.25) is 0 Å². The second-order valence-corrected chi connectivity index (χ2v) is 4.27. The van der Waals surface area contributed by atoms with E-state index >= 15 is 0 Å². The van der Waals surface area contributed by atoms with Crippen LogP contribution in [-0.4, -0.2) is 24.0 Å². The maximum Gasteiger partial charge on any atom is 0.0234 e. The van der Waals surface area contributed by atoms with Gasteiger partial charge in [0, 0.05) is 25.7 Å². The van der Waals surface area contributed by atoms with Crippen LogP contribution < -0.4 is 5.73 Å². The van der Waals surface area contributed by atoms with E-state index in [1.165, 1.54) is 11.1 Å². The number of nitrogens with zero attached hydrogens (tertiary/aromatic N) is 1. The van der Waals surface area contributed by atoms with Gasteiger partial charge in [0.1, 0.15) is 0 Å². The quantitative estimate of drug-likeness (QED) is 0.887. The number of hydrogen-bond acceptors (Lipinski definition) is 2. The van der Waals surface area contributed by atoms with Crippen molar-refractivity contribution in [3.05, 3.63) is 35.4 Å². The summed E-state index contributed by atoms with van der Waals surface area (Å²) in [6, 6.07) is 9.15. The molecule has 92 valence electrons. The van der Waals surface area contributed by atoms with Crippen LogP contribution in [-0.2, 0) is 6.54 Å². The lowest BCUT2D eigenvalue weighted by Gasteiger charge is -2.14. The van der Waals surface area contributed by atoms with Gasteiger partial charge in [-0.25, -0.2) is 0 Å². The molecule has 1 aliphatic rings. The number of benzene rings is 1. The molecule has 0 bridgehead atoms. The van der Waals surface area contributed by atoms with Crippen LogP contribution >= 0.6 is 24.8 Å². The highest BCUT2D eigenvalue weighted by Crippen LogP contribution is 2.12. The molecular weight excluding hydrogens is 243 g/mol. The van der Waals surface area contributed by atoms with E-state index in [4.69, 9.17) is 5.73 Å². The normalized spacial score (nSPS) is 20.0. The molecule has 0 spiro atoms. The van der Waals surface area contributed by atoms with Crippen molar-refractivity contribution in [2.24, 2.45) is 5.73 Å². The first-order valence-corrected chi connectivity index (χ1v) is 5.27. The van der Waals surface area contributed by atoms with Crippen molar-refractivity contribution >= 4 is 24.8 Å². The summed E-state index contributed by atoms with van der Waals surface area (Å²) in [6.07, 6.45) is 1.14. The van der Waals surface area contributed by atoms with Crippen LogP contribution in [0.5, 0.6) is 0 Å². The number of aryl methyl sites for hydroxylation is 1. The zero-order chi connectivity index (χ0) is 9.97. The molecule has 1 atom stereocenters. The van der Waals surface area contributed by atoms with Gasteiger partial charge in [-0.3, -0.25) is 4.90 Å². The lowest BCUT2D eigenvalue weighted by molar-refractivity contribution is 0.327. The van der Waals surface area contributed by atoms with E-state index in [0.717, 1.165) is 26.1 Å². The molecule has 2 N–H and O–H groups in total. The lowest BCUT2D eigenvalue weighted by atomic mass is 10.1. The summed E-state index contributed by atoms with van der Waals surface area (Å²) in [4.78, 5) is 2.43. The standard InChI is InChI=1S/C12H18N2.2ClH/c1-10-2-4-11(5-3-10)8-14-7-6-12(13)9-14;;/h2-5,12H,6-9,13H2,1H3;2*1H. The molecule has 0 aromatic heterocycles. The Morgan fingerprint density at radius 3 is 2.38 bits per heavy atom. The van der Waals surface area contributed by atoms with E-state index in [-0.39, 0.29) is 24.8 Å². The van der Waals surface area contributed by atoms with Crippen molar-refractivity contribution in [1.29, 1.82) is 0 Å². The fraction of sp³-hybridized carbons (Fsp3) is 0.500. The minimum Gasteiger partial charge on any atom is -0.326 e. The molecule has 2 rings (SSSR count). The van der Waals surface area contributed by atoms with Gasteiger partial charge in [0.05, 0.1) is 0 Å². The first-order chi connectivity index (χ1) is 6.74. The molecule has 1 aliphatic heterocycles. The molecule has 0 amide bonds. The third-order valence-corrected chi connectivity index (χ3v) is 2.84. The molecule has 1 heterocycles. The molecule has 1 fully saturated rings. The molecule has 0 saturated carbocycles. The summed E-state index contributed by atoms with van der Waals surface area (Å²) in [5.41, 5.74) is 8.58. The van der Waals surface area contributed by atoms with Gasteiger partial charge in [0.15, 0.2) is 0 Å². The van der Waals surface area contributed by atoms with Crippen molar-refractivity contribution in [2.75, 3.05) is 13.1 Å². The van der Waals surface area contributed by atoms with Gasteiger partial charge in [-0.05, 0) is 18.9 Å². The molecule has 1 aromatic rings. The van der Waals surface area contributed by atoms with Crippen molar-refractivity contribution < 1.29 is 0 Å². The molecule has 1 saturated heterocycles. The van der Waals surface area contributed by atoms with E-state index in [9.17, 15) is 0 Å². The molecule has 1 aromatic carbocycles. The Hall–Kier alpha value is -0.280. The van der Waals surface area contributed by atoms with Gasteiger partial charge in [-0.2, -0.15) is 0 Å². The SMILES string of the molecule is Cc1ccc(CN2CCC(N)C2)cc1.Cl.Cl. The molecular formula is C12H20Cl2N2. The van der Waals surface area contributed by atoms with Crippen molar-refractivity contribution in [2.45, 2.75) is 25.9 Å². The van der Waals surface area contributed by atoms with E-state index < -0.39 is 0 Å². The van der Waals surface area contributed by atoms with Crippen LogP contribution in [0.1, 0.15) is 17.5 Å². The monoisotopic (exact) mass is 262 g/mol. The first-order valence-electron chi connectivity index (χ1n) is 5.27. The van der Waals surface area contributed by atoms with Crippen molar-refractivity contribution in [3.63, 3.8) is 0 Å². The third-order valence-electron chi connectivity index (χ3n) is 2.84. The van der Waals surface area contributed by atoms with Crippen LogP contribution in [0, 0.1) is 6.92 Å². The summed E-state index contributed by atoms with van der Waals surface area (Å²) >= 11 is 0. The molecule has 16 heavy (non-hydrogen) atoms. The van der Waals surface area contributed by atoms with Crippen molar-refractivity contribution in [1.82, 2.24) is 4.90 Å². The van der Waals surface area contributed by atoms with Gasteiger partial charge in [-0.1, -0.05) is 29.8 Å². The maximum absolute atomic E-state index is 5.86. The molecule has 0 radical (unpaired) electrons. The summed E-state index contributed by atoms with van der Waals surface area (Å²) in [7, 11) is 0. The van der Waals surface area contributed by atoms with Gasteiger partial charge in [0.25, 0.3) is 0 Å². The third kappa shape index (κ3) is 4.30. The van der Waals surface area contributed by atoms with Gasteiger partial charge < -0.3 is 5.73 Å². The van der Waals surface area contributed by atoms with Crippen LogP contribution in [0.25, 0.3) is 0 Å². The summed E-state index contributed by atoms with van der Waals surface area (Å²) in [5.74, 6) is 0. The fourth-order valence-corrected chi connectivity index (χ4v) is 1.96. The molecule has 0 aliphatic carbocycles. The van der Waals surface area contributed by atoms with Gasteiger partial charge >= 0.3 is 0 Å². The summed E-state index contributed by atoms with van der Waals surface area (Å²) < 4.78 is 0. The molecule has 4 heteroatoms. The zero-order valence-corrected chi connectivity index (χ0v) is 11.2. The number of likely N-dealkylation sites (tertiary alicyclic amines) is 1. The Balaban J connectivity index is 0.00000112. The highest BCUT2D eigenvalue weighted by molar-refractivity contribution is 5.85. The second kappa shape index (κ2) is 7.13. The Morgan fingerprint density at radius 2 is 1.88 bits per heavy atom. The number of nitrogens with two attached hydrogens (primary N) is 1. The highest BCUT2D eigenvalue weighted by atomic mass is 35.5. The number of rotatable bonds is 2. The Bertz CT molecular complexity index is 300. The predicted molar refractivity (Wildman–Crippen MR) is 73.5 cm³/mol. The summed E-state index contributed by atoms with van der Waals surface area (Å²) in [5, 5.41) is 0. The highest BCUT2D eigenvalue weighted by Gasteiger charge is 2.18. The average molecular weight is 263 g/mol. The first kappa shape index (κ1) is 15.7. The maximum atomic E-state index is 5.86. The largest absolute Gasteiger partial charge is 0.326 e. The second-order valence-electron chi connectivity index (χ2n) is 4.27. The Kier molecular flexibility index (Phi) is 7.00. The van der Waals surface area contributed by atoms with E-state index in [0.29, 0.717) is 6.04 Å². The number of hydrogen-bond donors (Lipinski definition) is 1.